The number of amides is 1. The van der Waals surface area contributed by atoms with Crippen molar-refractivity contribution in [3.05, 3.63) is 47.3 Å². The third kappa shape index (κ3) is 8.76. The van der Waals surface area contributed by atoms with Gasteiger partial charge >= 0.3 is 0 Å². The Kier molecular flexibility index (Phi) is 10.2. The Bertz CT molecular complexity index is 800. The van der Waals surface area contributed by atoms with Gasteiger partial charge in [-0.3, -0.25) is 14.7 Å². The number of unbranched alkanes of at least 4 members (excludes halogenated alkanes) is 1. The third-order valence-electron chi connectivity index (χ3n) is 4.29. The van der Waals surface area contributed by atoms with Crippen LogP contribution < -0.4 is 22.5 Å². The van der Waals surface area contributed by atoms with Gasteiger partial charge < -0.3 is 22.5 Å². The number of aromatic amines is 1. The van der Waals surface area contributed by atoms with Crippen LogP contribution in [0, 0.1) is 11.6 Å². The zero-order valence-electron chi connectivity index (χ0n) is 17.3. The lowest BCUT2D eigenvalue weighted by Gasteiger charge is -2.18. The molecule has 0 fully saturated rings. The molecule has 0 saturated carbocycles. The average Bonchev–Trinajstić information content (AvgIpc) is 3.11. The fourth-order valence-corrected chi connectivity index (χ4v) is 2.50. The van der Waals surface area contributed by atoms with Crippen LogP contribution in [0.5, 0.6) is 0 Å². The molecule has 1 amide bonds. The van der Waals surface area contributed by atoms with Crippen molar-refractivity contribution >= 4 is 17.9 Å². The number of H-pyrrole nitrogens is 1. The topological polar surface area (TPSA) is 153 Å². The minimum Gasteiger partial charge on any atom is -0.328 e. The highest BCUT2D eigenvalue weighted by molar-refractivity contribution is 6.06. The van der Waals surface area contributed by atoms with E-state index in [9.17, 15) is 18.4 Å². The van der Waals surface area contributed by atoms with Crippen molar-refractivity contribution in [1.29, 1.82) is 0 Å². The SMILES string of the molecule is CCC(N)CCCCC(C)(N)N.O=Cc1[nH]ncc1NC(=O)c1c(F)cccc1F. The molecule has 2 rings (SSSR count). The van der Waals surface area contributed by atoms with Gasteiger partial charge in [0.25, 0.3) is 5.91 Å². The molecular formula is C20H30F2N6O2. The maximum atomic E-state index is 13.3. The highest BCUT2D eigenvalue weighted by Gasteiger charge is 2.18. The number of rotatable bonds is 9. The van der Waals surface area contributed by atoms with Gasteiger partial charge in [0.2, 0.25) is 0 Å². The van der Waals surface area contributed by atoms with Crippen LogP contribution >= 0.6 is 0 Å². The van der Waals surface area contributed by atoms with E-state index in [1.54, 1.807) is 0 Å². The molecule has 166 valence electrons. The fourth-order valence-electron chi connectivity index (χ4n) is 2.50. The van der Waals surface area contributed by atoms with E-state index in [1.165, 1.54) is 6.20 Å². The van der Waals surface area contributed by atoms with E-state index >= 15 is 0 Å². The minimum atomic E-state index is -0.991. The zero-order chi connectivity index (χ0) is 22.7. The van der Waals surface area contributed by atoms with E-state index < -0.39 is 28.8 Å². The maximum Gasteiger partial charge on any atom is 0.261 e. The second-order valence-electron chi connectivity index (χ2n) is 7.29. The lowest BCUT2D eigenvalue weighted by Crippen LogP contribution is -2.45. The minimum absolute atomic E-state index is 0.0140. The molecule has 0 spiro atoms. The van der Waals surface area contributed by atoms with E-state index in [0.717, 1.165) is 50.3 Å². The first-order valence-corrected chi connectivity index (χ1v) is 9.66. The molecule has 0 aliphatic carbocycles. The Morgan fingerprint density at radius 3 is 2.47 bits per heavy atom. The van der Waals surface area contributed by atoms with Crippen LogP contribution in [-0.2, 0) is 0 Å². The van der Waals surface area contributed by atoms with Gasteiger partial charge in [-0.15, -0.1) is 0 Å². The second-order valence-corrected chi connectivity index (χ2v) is 7.29. The Morgan fingerprint density at radius 1 is 1.30 bits per heavy atom. The first-order chi connectivity index (χ1) is 14.1. The smallest absolute Gasteiger partial charge is 0.261 e. The van der Waals surface area contributed by atoms with Gasteiger partial charge in [0.1, 0.15) is 22.9 Å². The zero-order valence-corrected chi connectivity index (χ0v) is 17.3. The monoisotopic (exact) mass is 424 g/mol. The molecule has 0 aliphatic rings. The molecule has 30 heavy (non-hydrogen) atoms. The molecule has 1 heterocycles. The van der Waals surface area contributed by atoms with Gasteiger partial charge in [0.05, 0.1) is 17.5 Å². The summed E-state index contributed by atoms with van der Waals surface area (Å²) in [5, 5.41) is 8.04. The van der Waals surface area contributed by atoms with Crippen molar-refractivity contribution < 1.29 is 18.4 Å². The second kappa shape index (κ2) is 12.1. The molecular weight excluding hydrogens is 394 g/mol. The molecule has 0 bridgehead atoms. The van der Waals surface area contributed by atoms with Gasteiger partial charge in [-0.25, -0.2) is 8.78 Å². The number of benzene rings is 1. The van der Waals surface area contributed by atoms with Crippen LogP contribution in [0.3, 0.4) is 0 Å². The van der Waals surface area contributed by atoms with Crippen LogP contribution in [0.4, 0.5) is 14.5 Å². The van der Waals surface area contributed by atoms with Gasteiger partial charge in [-0.2, -0.15) is 5.10 Å². The highest BCUT2D eigenvalue weighted by Crippen LogP contribution is 2.16. The van der Waals surface area contributed by atoms with E-state index in [0.29, 0.717) is 12.3 Å². The molecule has 1 aromatic carbocycles. The first-order valence-electron chi connectivity index (χ1n) is 9.66. The average molecular weight is 424 g/mol. The third-order valence-corrected chi connectivity index (χ3v) is 4.29. The largest absolute Gasteiger partial charge is 0.328 e. The van der Waals surface area contributed by atoms with Crippen LogP contribution in [0.25, 0.3) is 0 Å². The molecule has 1 atom stereocenters. The van der Waals surface area contributed by atoms with Gasteiger partial charge in [0.15, 0.2) is 6.29 Å². The van der Waals surface area contributed by atoms with E-state index in [-0.39, 0.29) is 11.4 Å². The molecule has 8 nitrogen and oxygen atoms in total. The summed E-state index contributed by atoms with van der Waals surface area (Å²) < 4.78 is 26.6. The summed E-state index contributed by atoms with van der Waals surface area (Å²) in [4.78, 5) is 22.2. The number of halogens is 2. The molecule has 1 aromatic heterocycles. The number of hydrogen-bond acceptors (Lipinski definition) is 6. The molecule has 0 saturated heterocycles. The molecule has 2 aromatic rings. The lowest BCUT2D eigenvalue weighted by molar-refractivity contribution is 0.101. The number of nitrogens with one attached hydrogen (secondary N) is 2. The molecule has 0 aliphatic heterocycles. The van der Waals surface area contributed by atoms with Gasteiger partial charge in [-0.05, 0) is 38.3 Å². The number of aromatic nitrogens is 2. The summed E-state index contributed by atoms with van der Waals surface area (Å²) >= 11 is 0. The molecule has 0 radical (unpaired) electrons. The van der Waals surface area contributed by atoms with Crippen molar-refractivity contribution in [2.24, 2.45) is 17.2 Å². The maximum absolute atomic E-state index is 13.3. The van der Waals surface area contributed by atoms with Crippen LogP contribution in [0.2, 0.25) is 0 Å². The summed E-state index contributed by atoms with van der Waals surface area (Å²) in [5.74, 6) is -2.96. The van der Waals surface area contributed by atoms with Gasteiger partial charge in [0, 0.05) is 6.04 Å². The number of anilines is 1. The van der Waals surface area contributed by atoms with Gasteiger partial charge in [-0.1, -0.05) is 25.8 Å². The summed E-state index contributed by atoms with van der Waals surface area (Å²) in [6, 6.07) is 3.44. The predicted octanol–water partition coefficient (Wildman–Crippen LogP) is 2.67. The van der Waals surface area contributed by atoms with Crippen molar-refractivity contribution in [2.75, 3.05) is 5.32 Å². The van der Waals surface area contributed by atoms with Crippen LogP contribution in [0.1, 0.15) is 66.8 Å². The first kappa shape index (κ1) is 25.3. The number of nitrogens with zero attached hydrogens (tertiary/aromatic N) is 1. The predicted molar refractivity (Wildman–Crippen MR) is 112 cm³/mol. The number of carbonyl (C=O) groups is 2. The number of nitrogens with two attached hydrogens (primary N) is 3. The fraction of sp³-hybridized carbons (Fsp3) is 0.450. The van der Waals surface area contributed by atoms with Crippen molar-refractivity contribution in [2.45, 2.75) is 57.7 Å². The van der Waals surface area contributed by atoms with E-state index in [4.69, 9.17) is 17.2 Å². The Labute approximate surface area is 174 Å². The summed E-state index contributed by atoms with van der Waals surface area (Å²) in [5.41, 5.74) is 15.9. The highest BCUT2D eigenvalue weighted by atomic mass is 19.1. The summed E-state index contributed by atoms with van der Waals surface area (Å²) in [6.07, 6.45) is 6.84. The Hall–Kier alpha value is -2.69. The summed E-state index contributed by atoms with van der Waals surface area (Å²) in [7, 11) is 0. The van der Waals surface area contributed by atoms with Crippen LogP contribution in [-0.4, -0.2) is 34.1 Å². The lowest BCUT2D eigenvalue weighted by atomic mass is 10.0. The summed E-state index contributed by atoms with van der Waals surface area (Å²) in [6.45, 7) is 3.97. The molecule has 1 unspecified atom stereocenters. The normalized spacial score (nSPS) is 12.0. The van der Waals surface area contributed by atoms with Crippen LogP contribution in [0.15, 0.2) is 24.4 Å². The molecule has 10 heteroatoms. The number of hydrogen-bond donors (Lipinski definition) is 5. The molecule has 8 N–H and O–H groups in total. The number of carbonyl (C=O) groups excluding carboxylic acids is 2. The Balaban J connectivity index is 0.000000329. The van der Waals surface area contributed by atoms with Crippen molar-refractivity contribution in [3.8, 4) is 0 Å². The Morgan fingerprint density at radius 2 is 1.93 bits per heavy atom. The van der Waals surface area contributed by atoms with E-state index in [1.807, 2.05) is 6.92 Å². The quantitative estimate of drug-likeness (QED) is 0.237. The van der Waals surface area contributed by atoms with Crippen molar-refractivity contribution in [1.82, 2.24) is 10.2 Å². The standard InChI is InChI=1S/C11H7F2N3O2.C9H23N3/c12-6-2-1-3-7(13)10(6)11(18)15-8-4-14-16-9(8)5-17;1-3-8(10)6-4-5-7-9(2,11)12/h1-5H,(H,14,16)(H,15,18);8H,3-7,10-12H2,1-2H3. The van der Waals surface area contributed by atoms with Crippen molar-refractivity contribution in [3.63, 3.8) is 0 Å². The van der Waals surface area contributed by atoms with E-state index in [2.05, 4.69) is 22.4 Å². The number of aldehydes is 1.